The van der Waals surface area contributed by atoms with Crippen LogP contribution < -0.4 is 11.5 Å². The third-order valence-corrected chi connectivity index (χ3v) is 1.23. The third-order valence-electron chi connectivity index (χ3n) is 1.23. The molecule has 0 aliphatic rings. The number of aliphatic hydroxyl groups excluding tert-OH is 1. The smallest absolute Gasteiger partial charge is 0.145 e. The van der Waals surface area contributed by atoms with E-state index in [1.165, 1.54) is 0 Å². The molecule has 5 N–H and O–H groups in total. The van der Waals surface area contributed by atoms with Gasteiger partial charge in [0.2, 0.25) is 0 Å². The molecule has 1 atom stereocenters. The molecule has 62 valence electrons. The van der Waals surface area contributed by atoms with Crippen LogP contribution in [0.2, 0.25) is 0 Å². The maximum atomic E-state index is 8.27. The zero-order valence-corrected chi connectivity index (χ0v) is 6.12. The number of rotatable bonds is 6. The van der Waals surface area contributed by atoms with Gasteiger partial charge in [0.15, 0.2) is 0 Å². The SMILES string of the molecule is NCCCC[C@@H](N)OCO. The third kappa shape index (κ3) is 5.97. The van der Waals surface area contributed by atoms with Crippen LogP contribution in [0.25, 0.3) is 0 Å². The molecule has 0 saturated carbocycles. The van der Waals surface area contributed by atoms with Gasteiger partial charge in [0.1, 0.15) is 13.0 Å². The number of unbranched alkanes of at least 4 members (excludes halogenated alkanes) is 1. The lowest BCUT2D eigenvalue weighted by Gasteiger charge is -2.09. The molecule has 0 unspecified atom stereocenters. The molecule has 0 heterocycles. The summed E-state index contributed by atoms with van der Waals surface area (Å²) < 4.78 is 4.68. The van der Waals surface area contributed by atoms with Crippen molar-refractivity contribution in [3.8, 4) is 0 Å². The van der Waals surface area contributed by atoms with Crippen LogP contribution in [-0.2, 0) is 4.74 Å². The van der Waals surface area contributed by atoms with E-state index in [0.717, 1.165) is 19.3 Å². The molecule has 4 heteroatoms. The summed E-state index contributed by atoms with van der Waals surface area (Å²) in [6.07, 6.45) is 2.34. The Morgan fingerprint density at radius 1 is 1.40 bits per heavy atom. The molecule has 10 heavy (non-hydrogen) atoms. The van der Waals surface area contributed by atoms with Gasteiger partial charge in [0, 0.05) is 0 Å². The molecule has 0 saturated heterocycles. The fourth-order valence-corrected chi connectivity index (χ4v) is 0.669. The molecule has 0 aliphatic heterocycles. The van der Waals surface area contributed by atoms with Gasteiger partial charge in [-0.05, 0) is 25.8 Å². The van der Waals surface area contributed by atoms with E-state index in [2.05, 4.69) is 4.74 Å². The van der Waals surface area contributed by atoms with Crippen LogP contribution in [0.5, 0.6) is 0 Å². The first-order valence-electron chi connectivity index (χ1n) is 3.49. The van der Waals surface area contributed by atoms with Gasteiger partial charge in [-0.1, -0.05) is 0 Å². The van der Waals surface area contributed by atoms with Gasteiger partial charge in [-0.15, -0.1) is 0 Å². The summed E-state index contributed by atoms with van der Waals surface area (Å²) in [5.41, 5.74) is 10.7. The van der Waals surface area contributed by atoms with E-state index < -0.39 is 0 Å². The highest BCUT2D eigenvalue weighted by atomic mass is 16.6. The van der Waals surface area contributed by atoms with E-state index in [1.807, 2.05) is 0 Å². The quantitative estimate of drug-likeness (QED) is 0.346. The standard InChI is InChI=1S/C6H16N2O2/c7-4-2-1-3-6(8)10-5-9/h6,9H,1-5,7-8H2/t6-/m0/s1. The van der Waals surface area contributed by atoms with Crippen LogP contribution in [0.3, 0.4) is 0 Å². The van der Waals surface area contributed by atoms with Crippen LogP contribution in [-0.4, -0.2) is 24.7 Å². The maximum Gasteiger partial charge on any atom is 0.145 e. The molecule has 0 aromatic rings. The molecule has 0 fully saturated rings. The molecule has 0 aliphatic carbocycles. The highest BCUT2D eigenvalue weighted by Gasteiger charge is 1.99. The first-order chi connectivity index (χ1) is 4.81. The maximum absolute atomic E-state index is 8.27. The van der Waals surface area contributed by atoms with E-state index in [9.17, 15) is 0 Å². The largest absolute Gasteiger partial charge is 0.371 e. The molecule has 0 aromatic carbocycles. The molecule has 0 spiro atoms. The fraction of sp³-hybridized carbons (Fsp3) is 1.00. The average molecular weight is 148 g/mol. The lowest BCUT2D eigenvalue weighted by atomic mass is 10.2. The number of hydrogen-bond donors (Lipinski definition) is 3. The lowest BCUT2D eigenvalue weighted by molar-refractivity contribution is -0.0506. The molecule has 0 amide bonds. The Morgan fingerprint density at radius 2 is 2.10 bits per heavy atom. The Bertz CT molecular complexity index is 70.8. The van der Waals surface area contributed by atoms with Crippen molar-refractivity contribution in [3.63, 3.8) is 0 Å². The van der Waals surface area contributed by atoms with Crippen molar-refractivity contribution in [1.29, 1.82) is 0 Å². The summed E-state index contributed by atoms with van der Waals surface area (Å²) in [6.45, 7) is 0.385. The predicted octanol–water partition coefficient (Wildman–Crippen LogP) is -0.633. The fourth-order valence-electron chi connectivity index (χ4n) is 0.669. The second kappa shape index (κ2) is 6.95. The first kappa shape index (κ1) is 9.84. The number of ether oxygens (including phenoxy) is 1. The van der Waals surface area contributed by atoms with Crippen molar-refractivity contribution in [2.75, 3.05) is 13.3 Å². The van der Waals surface area contributed by atoms with E-state index in [-0.39, 0.29) is 13.0 Å². The van der Waals surface area contributed by atoms with Gasteiger partial charge >= 0.3 is 0 Å². The Morgan fingerprint density at radius 3 is 2.60 bits per heavy atom. The van der Waals surface area contributed by atoms with Crippen LogP contribution in [0.15, 0.2) is 0 Å². The van der Waals surface area contributed by atoms with Crippen molar-refractivity contribution >= 4 is 0 Å². The van der Waals surface area contributed by atoms with Gasteiger partial charge in [-0.2, -0.15) is 0 Å². The summed E-state index contributed by atoms with van der Waals surface area (Å²) in [5.74, 6) is 0. The number of hydrogen-bond acceptors (Lipinski definition) is 4. The van der Waals surface area contributed by atoms with Crippen molar-refractivity contribution in [2.24, 2.45) is 11.5 Å². The van der Waals surface area contributed by atoms with E-state index in [1.54, 1.807) is 0 Å². The van der Waals surface area contributed by atoms with Crippen molar-refractivity contribution in [3.05, 3.63) is 0 Å². The Labute approximate surface area is 61.2 Å². The highest BCUT2D eigenvalue weighted by molar-refractivity contribution is 4.48. The summed E-state index contributed by atoms with van der Waals surface area (Å²) in [4.78, 5) is 0. The second-order valence-electron chi connectivity index (χ2n) is 2.12. The van der Waals surface area contributed by atoms with Gasteiger partial charge in [0.25, 0.3) is 0 Å². The van der Waals surface area contributed by atoms with E-state index >= 15 is 0 Å². The van der Waals surface area contributed by atoms with E-state index in [0.29, 0.717) is 6.54 Å². The molecule has 0 radical (unpaired) electrons. The van der Waals surface area contributed by atoms with Crippen molar-refractivity contribution < 1.29 is 9.84 Å². The zero-order chi connectivity index (χ0) is 7.82. The molecule has 4 nitrogen and oxygen atoms in total. The minimum atomic E-state index is -0.337. The van der Waals surface area contributed by atoms with Crippen molar-refractivity contribution in [2.45, 2.75) is 25.5 Å². The first-order valence-corrected chi connectivity index (χ1v) is 3.49. The van der Waals surface area contributed by atoms with Crippen LogP contribution >= 0.6 is 0 Å². The Kier molecular flexibility index (Phi) is 6.84. The zero-order valence-electron chi connectivity index (χ0n) is 6.12. The predicted molar refractivity (Wildman–Crippen MR) is 39.1 cm³/mol. The minimum Gasteiger partial charge on any atom is -0.371 e. The van der Waals surface area contributed by atoms with Crippen LogP contribution in [0, 0.1) is 0 Å². The molecular weight excluding hydrogens is 132 g/mol. The average Bonchev–Trinajstić information content (AvgIpc) is 1.89. The normalized spacial score (nSPS) is 13.5. The highest BCUT2D eigenvalue weighted by Crippen LogP contribution is 1.97. The van der Waals surface area contributed by atoms with Crippen LogP contribution in [0.1, 0.15) is 19.3 Å². The number of nitrogens with two attached hydrogens (primary N) is 2. The monoisotopic (exact) mass is 148 g/mol. The number of aliphatic hydroxyl groups is 1. The molecule has 0 aromatic heterocycles. The molecule has 0 bridgehead atoms. The second-order valence-corrected chi connectivity index (χ2v) is 2.12. The molecular formula is C6H16N2O2. The van der Waals surface area contributed by atoms with Gasteiger partial charge in [0.05, 0.1) is 0 Å². The molecule has 0 rings (SSSR count). The summed E-state index contributed by atoms with van der Waals surface area (Å²) in [6, 6.07) is 0. The minimum absolute atomic E-state index is 0.302. The van der Waals surface area contributed by atoms with E-state index in [4.69, 9.17) is 16.6 Å². The Balaban J connectivity index is 2.97. The van der Waals surface area contributed by atoms with Crippen molar-refractivity contribution in [1.82, 2.24) is 0 Å². The summed E-state index contributed by atoms with van der Waals surface area (Å²) in [7, 11) is 0. The summed E-state index contributed by atoms with van der Waals surface area (Å²) >= 11 is 0. The van der Waals surface area contributed by atoms with Gasteiger partial charge in [-0.25, -0.2) is 0 Å². The van der Waals surface area contributed by atoms with Crippen LogP contribution in [0.4, 0.5) is 0 Å². The topological polar surface area (TPSA) is 81.5 Å². The van der Waals surface area contributed by atoms with Gasteiger partial charge < -0.3 is 21.3 Å². The van der Waals surface area contributed by atoms with Gasteiger partial charge in [-0.3, -0.25) is 0 Å². The Hall–Kier alpha value is -0.160. The summed E-state index contributed by atoms with van der Waals surface area (Å²) in [5, 5.41) is 8.27. The lowest BCUT2D eigenvalue weighted by Crippen LogP contribution is -2.24.